The number of benzene rings is 2. The number of nitrogens with one attached hydrogen (secondary N) is 1. The van der Waals surface area contributed by atoms with E-state index < -0.39 is 15.6 Å². The second-order valence-electron chi connectivity index (χ2n) is 8.99. The molecule has 2 aromatic carbocycles. The number of nitrogens with zero attached hydrogens (tertiary/aromatic N) is 2. The van der Waals surface area contributed by atoms with Gasteiger partial charge in [-0.25, -0.2) is 8.42 Å². The molecular weight excluding hydrogens is 450 g/mol. The van der Waals surface area contributed by atoms with Crippen LogP contribution in [0.25, 0.3) is 10.9 Å². The number of aliphatic hydroxyl groups is 1. The molecule has 0 bridgehead atoms. The molecule has 0 aliphatic carbocycles. The topological polar surface area (TPSA) is 99.6 Å². The molecular formula is C26H31N3O4S. The first kappa shape index (κ1) is 24.2. The number of unbranched alkanes of at least 4 members (excludes halogenated alkanes) is 2. The molecule has 34 heavy (non-hydrogen) atoms. The van der Waals surface area contributed by atoms with Gasteiger partial charge in [-0.3, -0.25) is 14.5 Å². The molecule has 180 valence electrons. The van der Waals surface area contributed by atoms with E-state index in [4.69, 9.17) is 0 Å². The van der Waals surface area contributed by atoms with Gasteiger partial charge in [0, 0.05) is 35.9 Å². The van der Waals surface area contributed by atoms with Crippen LogP contribution in [0.15, 0.2) is 65.7 Å². The SMILES string of the molecule is CCCCCC1(O)CCN(C(=O)c2ccc(NS(=O)(=O)c3cccc4cccnc34)cc2)CC1. The maximum Gasteiger partial charge on any atom is 0.264 e. The number of hydrogen-bond acceptors (Lipinski definition) is 5. The number of sulfonamides is 1. The van der Waals surface area contributed by atoms with E-state index in [1.165, 1.54) is 6.07 Å². The van der Waals surface area contributed by atoms with E-state index in [1.807, 2.05) is 12.1 Å². The van der Waals surface area contributed by atoms with Gasteiger partial charge in [-0.2, -0.15) is 0 Å². The molecule has 1 aromatic heterocycles. The Balaban J connectivity index is 1.41. The first-order valence-corrected chi connectivity index (χ1v) is 13.3. The standard InChI is InChI=1S/C26H31N3O4S/c1-2-3-4-14-26(31)15-18-29(19-16-26)25(30)21-10-12-22(13-11-21)28-34(32,33)23-9-5-7-20-8-6-17-27-24(20)23/h5-13,17,28,31H,2-4,14-16,18-19H2,1H3. The van der Waals surface area contributed by atoms with Crippen molar-refractivity contribution in [1.82, 2.24) is 9.88 Å². The maximum atomic E-state index is 13.0. The lowest BCUT2D eigenvalue weighted by Gasteiger charge is -2.38. The molecule has 0 spiro atoms. The van der Waals surface area contributed by atoms with Crippen LogP contribution in [0.5, 0.6) is 0 Å². The van der Waals surface area contributed by atoms with E-state index in [-0.39, 0.29) is 10.8 Å². The summed E-state index contributed by atoms with van der Waals surface area (Å²) in [5.74, 6) is -0.108. The largest absolute Gasteiger partial charge is 0.390 e. The van der Waals surface area contributed by atoms with E-state index in [0.29, 0.717) is 42.7 Å². The molecule has 1 saturated heterocycles. The Kier molecular flexibility index (Phi) is 7.19. The number of piperidine rings is 1. The smallest absolute Gasteiger partial charge is 0.264 e. The number of para-hydroxylation sites is 1. The molecule has 1 fully saturated rings. The summed E-state index contributed by atoms with van der Waals surface area (Å²) in [5.41, 5.74) is 0.591. The van der Waals surface area contributed by atoms with E-state index in [1.54, 1.807) is 47.5 Å². The van der Waals surface area contributed by atoms with Crippen LogP contribution in [0.4, 0.5) is 5.69 Å². The van der Waals surface area contributed by atoms with Gasteiger partial charge in [0.2, 0.25) is 0 Å². The predicted octanol–water partition coefficient (Wildman–Crippen LogP) is 4.58. The number of fused-ring (bicyclic) bond motifs is 1. The van der Waals surface area contributed by atoms with E-state index in [9.17, 15) is 18.3 Å². The summed E-state index contributed by atoms with van der Waals surface area (Å²) < 4.78 is 28.6. The molecule has 4 rings (SSSR count). The Labute approximate surface area is 200 Å². The zero-order valence-corrected chi connectivity index (χ0v) is 20.2. The van der Waals surface area contributed by atoms with Gasteiger partial charge in [-0.05, 0) is 55.7 Å². The molecule has 2 heterocycles. The fraction of sp³-hybridized carbons (Fsp3) is 0.385. The number of likely N-dealkylation sites (tertiary alicyclic amines) is 1. The van der Waals surface area contributed by atoms with Crippen LogP contribution in [-0.4, -0.2) is 48.0 Å². The summed E-state index contributed by atoms with van der Waals surface area (Å²) in [6.45, 7) is 3.18. The van der Waals surface area contributed by atoms with Crippen molar-refractivity contribution in [2.24, 2.45) is 0 Å². The number of anilines is 1. The van der Waals surface area contributed by atoms with E-state index in [2.05, 4.69) is 16.6 Å². The zero-order valence-electron chi connectivity index (χ0n) is 19.4. The highest BCUT2D eigenvalue weighted by Crippen LogP contribution is 2.29. The van der Waals surface area contributed by atoms with Crippen molar-refractivity contribution >= 4 is 32.5 Å². The van der Waals surface area contributed by atoms with Crippen LogP contribution in [0.3, 0.4) is 0 Å². The quantitative estimate of drug-likeness (QED) is 0.459. The van der Waals surface area contributed by atoms with Crippen LogP contribution in [0, 0.1) is 0 Å². The monoisotopic (exact) mass is 481 g/mol. The molecule has 0 saturated carbocycles. The van der Waals surface area contributed by atoms with Crippen LogP contribution in [0.1, 0.15) is 55.8 Å². The Morgan fingerprint density at radius 2 is 1.76 bits per heavy atom. The number of carbonyl (C=O) groups excluding carboxylic acids is 1. The highest BCUT2D eigenvalue weighted by molar-refractivity contribution is 7.93. The summed E-state index contributed by atoms with van der Waals surface area (Å²) >= 11 is 0. The molecule has 1 aliphatic heterocycles. The van der Waals surface area contributed by atoms with Gasteiger partial charge in [-0.15, -0.1) is 0 Å². The summed E-state index contributed by atoms with van der Waals surface area (Å²) in [5, 5.41) is 11.5. The molecule has 8 heteroatoms. The van der Waals surface area contributed by atoms with E-state index >= 15 is 0 Å². The lowest BCUT2D eigenvalue weighted by atomic mass is 9.86. The second kappa shape index (κ2) is 10.1. The number of pyridine rings is 1. The Bertz CT molecular complexity index is 1250. The van der Waals surface area contributed by atoms with Crippen LogP contribution in [0.2, 0.25) is 0 Å². The average Bonchev–Trinajstić information content (AvgIpc) is 2.84. The Morgan fingerprint density at radius 3 is 2.47 bits per heavy atom. The second-order valence-corrected chi connectivity index (χ2v) is 10.6. The lowest BCUT2D eigenvalue weighted by Crippen LogP contribution is -2.46. The normalized spacial score (nSPS) is 15.9. The number of aromatic nitrogens is 1. The van der Waals surface area contributed by atoms with Gasteiger partial charge in [0.15, 0.2) is 0 Å². The fourth-order valence-electron chi connectivity index (χ4n) is 4.45. The molecule has 1 amide bonds. The van der Waals surface area contributed by atoms with Gasteiger partial charge in [0.05, 0.1) is 11.1 Å². The molecule has 0 atom stereocenters. The van der Waals surface area contributed by atoms with Crippen molar-refractivity contribution in [3.63, 3.8) is 0 Å². The van der Waals surface area contributed by atoms with Gasteiger partial charge < -0.3 is 10.0 Å². The number of amides is 1. The van der Waals surface area contributed by atoms with Crippen molar-refractivity contribution < 1.29 is 18.3 Å². The molecule has 3 aromatic rings. The Morgan fingerprint density at radius 1 is 1.06 bits per heavy atom. The number of rotatable bonds is 8. The fourth-order valence-corrected chi connectivity index (χ4v) is 5.69. The lowest BCUT2D eigenvalue weighted by molar-refractivity contribution is -0.0245. The minimum Gasteiger partial charge on any atom is -0.390 e. The predicted molar refractivity (Wildman–Crippen MR) is 133 cm³/mol. The zero-order chi connectivity index (χ0) is 24.2. The summed E-state index contributed by atoms with van der Waals surface area (Å²) in [7, 11) is -3.85. The van der Waals surface area contributed by atoms with Crippen molar-refractivity contribution in [3.8, 4) is 0 Å². The van der Waals surface area contributed by atoms with Gasteiger partial charge in [0.1, 0.15) is 4.90 Å². The number of hydrogen-bond donors (Lipinski definition) is 2. The summed E-state index contributed by atoms with van der Waals surface area (Å²) in [6.07, 6.45) is 6.74. The minimum atomic E-state index is -3.85. The van der Waals surface area contributed by atoms with Crippen molar-refractivity contribution in [2.75, 3.05) is 17.8 Å². The van der Waals surface area contributed by atoms with Crippen molar-refractivity contribution in [3.05, 3.63) is 66.4 Å². The van der Waals surface area contributed by atoms with Crippen LogP contribution < -0.4 is 4.72 Å². The van der Waals surface area contributed by atoms with Crippen molar-refractivity contribution in [1.29, 1.82) is 0 Å². The van der Waals surface area contributed by atoms with Gasteiger partial charge >= 0.3 is 0 Å². The highest BCUT2D eigenvalue weighted by Gasteiger charge is 2.33. The van der Waals surface area contributed by atoms with Gasteiger partial charge in [-0.1, -0.05) is 44.4 Å². The highest BCUT2D eigenvalue weighted by atomic mass is 32.2. The molecule has 7 nitrogen and oxygen atoms in total. The Hall–Kier alpha value is -2.97. The first-order valence-electron chi connectivity index (χ1n) is 11.8. The van der Waals surface area contributed by atoms with Gasteiger partial charge in [0.25, 0.3) is 15.9 Å². The molecule has 2 N–H and O–H groups in total. The van der Waals surface area contributed by atoms with Crippen LogP contribution >= 0.6 is 0 Å². The third-order valence-corrected chi connectivity index (χ3v) is 7.91. The first-order chi connectivity index (χ1) is 16.3. The number of carbonyl (C=O) groups is 1. The minimum absolute atomic E-state index is 0.102. The average molecular weight is 482 g/mol. The molecule has 1 aliphatic rings. The van der Waals surface area contributed by atoms with E-state index in [0.717, 1.165) is 31.1 Å². The van der Waals surface area contributed by atoms with Crippen molar-refractivity contribution in [2.45, 2.75) is 55.9 Å². The third kappa shape index (κ3) is 5.39. The van der Waals surface area contributed by atoms with Crippen LogP contribution in [-0.2, 0) is 10.0 Å². The third-order valence-electron chi connectivity index (χ3n) is 6.50. The molecule has 0 unspecified atom stereocenters. The maximum absolute atomic E-state index is 13.0. The summed E-state index contributed by atoms with van der Waals surface area (Å²) in [6, 6.07) is 15.0. The molecule has 0 radical (unpaired) electrons. The summed E-state index contributed by atoms with van der Waals surface area (Å²) in [4.78, 5) is 19.0.